The molecular weight excluding hydrogens is 302 g/mol. The van der Waals surface area contributed by atoms with Crippen LogP contribution in [0.5, 0.6) is 0 Å². The molecule has 1 aliphatic rings. The van der Waals surface area contributed by atoms with Gasteiger partial charge in [-0.1, -0.05) is 54.6 Å². The molecule has 0 radical (unpaired) electrons. The molecule has 0 bridgehead atoms. The third-order valence-electron chi connectivity index (χ3n) is 4.17. The number of nitrogens with one attached hydrogen (secondary N) is 1. The van der Waals surface area contributed by atoms with Gasteiger partial charge in [0.05, 0.1) is 17.9 Å². The Balaban J connectivity index is 2.06. The number of fused-ring (bicyclic) bond motifs is 1. The van der Waals surface area contributed by atoms with Crippen molar-refractivity contribution in [1.29, 1.82) is 0 Å². The summed E-state index contributed by atoms with van der Waals surface area (Å²) in [6.07, 6.45) is 0. The summed E-state index contributed by atoms with van der Waals surface area (Å²) >= 11 is 0. The Kier molecular flexibility index (Phi) is 4.58. The van der Waals surface area contributed by atoms with Crippen LogP contribution in [0.3, 0.4) is 0 Å². The summed E-state index contributed by atoms with van der Waals surface area (Å²) in [6.45, 7) is 2.12. The van der Waals surface area contributed by atoms with Gasteiger partial charge in [-0.05, 0) is 12.5 Å². The van der Waals surface area contributed by atoms with Crippen molar-refractivity contribution in [1.82, 2.24) is 5.32 Å². The van der Waals surface area contributed by atoms with Crippen molar-refractivity contribution >= 4 is 17.3 Å². The van der Waals surface area contributed by atoms with Gasteiger partial charge in [0.1, 0.15) is 0 Å². The number of carbonyl (C=O) groups is 2. The molecule has 0 amide bonds. The molecule has 0 aromatic heterocycles. The molecule has 0 spiro atoms. The van der Waals surface area contributed by atoms with Gasteiger partial charge < -0.3 is 10.1 Å². The van der Waals surface area contributed by atoms with E-state index in [1.54, 1.807) is 12.1 Å². The van der Waals surface area contributed by atoms with Crippen molar-refractivity contribution < 1.29 is 14.3 Å². The second-order valence-corrected chi connectivity index (χ2v) is 5.77. The predicted octanol–water partition coefficient (Wildman–Crippen LogP) is 3.16. The van der Waals surface area contributed by atoms with Crippen LogP contribution < -0.4 is 5.32 Å². The average molecular weight is 321 g/mol. The minimum absolute atomic E-state index is 0.0119. The van der Waals surface area contributed by atoms with Crippen LogP contribution in [0.4, 0.5) is 0 Å². The third kappa shape index (κ3) is 2.88. The van der Waals surface area contributed by atoms with Crippen molar-refractivity contribution in [3.05, 3.63) is 76.9 Å². The zero-order valence-electron chi connectivity index (χ0n) is 13.7. The first-order chi connectivity index (χ1) is 11.6. The molecule has 0 saturated heterocycles. The van der Waals surface area contributed by atoms with Crippen LogP contribution >= 0.6 is 0 Å². The maximum Gasteiger partial charge on any atom is 0.234 e. The molecule has 122 valence electrons. The van der Waals surface area contributed by atoms with Gasteiger partial charge in [-0.2, -0.15) is 0 Å². The maximum absolute atomic E-state index is 12.5. The molecule has 0 fully saturated rings. The van der Waals surface area contributed by atoms with Crippen LogP contribution in [0.25, 0.3) is 5.70 Å². The number of ether oxygens (including phenoxy) is 1. The van der Waals surface area contributed by atoms with Gasteiger partial charge in [-0.15, -0.1) is 0 Å². The first kappa shape index (κ1) is 16.1. The highest BCUT2D eigenvalue weighted by molar-refractivity contribution is 6.52. The highest BCUT2D eigenvalue weighted by atomic mass is 16.5. The van der Waals surface area contributed by atoms with Crippen molar-refractivity contribution in [3.63, 3.8) is 0 Å². The van der Waals surface area contributed by atoms with Gasteiger partial charge >= 0.3 is 0 Å². The zero-order valence-corrected chi connectivity index (χ0v) is 13.7. The molecule has 0 saturated carbocycles. The van der Waals surface area contributed by atoms with Gasteiger partial charge in [0.25, 0.3) is 0 Å². The quantitative estimate of drug-likeness (QED) is 0.860. The SMILES string of the molecule is COCC1=C(NC(C)c2ccccc2)c2ccccc2C(=O)C1=O. The van der Waals surface area contributed by atoms with Crippen LogP contribution in [-0.4, -0.2) is 25.3 Å². The molecule has 2 aromatic rings. The first-order valence-electron chi connectivity index (χ1n) is 7.85. The van der Waals surface area contributed by atoms with Crippen molar-refractivity contribution in [2.24, 2.45) is 0 Å². The van der Waals surface area contributed by atoms with Gasteiger partial charge in [0, 0.05) is 24.3 Å². The minimum atomic E-state index is -0.502. The van der Waals surface area contributed by atoms with Gasteiger partial charge in [0.15, 0.2) is 0 Å². The van der Waals surface area contributed by atoms with Crippen LogP contribution in [0.1, 0.15) is 34.5 Å². The third-order valence-corrected chi connectivity index (χ3v) is 4.17. The van der Waals surface area contributed by atoms with Crippen LogP contribution in [0.15, 0.2) is 60.2 Å². The van der Waals surface area contributed by atoms with E-state index in [-0.39, 0.29) is 12.6 Å². The molecule has 4 nitrogen and oxygen atoms in total. The van der Waals surface area contributed by atoms with E-state index in [1.807, 2.05) is 49.4 Å². The summed E-state index contributed by atoms with van der Waals surface area (Å²) in [7, 11) is 1.52. The Labute approximate surface area is 141 Å². The van der Waals surface area contributed by atoms with E-state index in [9.17, 15) is 9.59 Å². The van der Waals surface area contributed by atoms with E-state index < -0.39 is 11.6 Å². The number of carbonyl (C=O) groups excluding carboxylic acids is 2. The van der Waals surface area contributed by atoms with Crippen LogP contribution in [0.2, 0.25) is 0 Å². The van der Waals surface area contributed by atoms with Crippen LogP contribution in [0, 0.1) is 0 Å². The van der Waals surface area contributed by atoms with E-state index in [1.165, 1.54) is 7.11 Å². The van der Waals surface area contributed by atoms with Gasteiger partial charge in [-0.3, -0.25) is 9.59 Å². The fourth-order valence-electron chi connectivity index (χ4n) is 2.92. The standard InChI is InChI=1S/C20H19NO3/c1-13(14-8-4-3-5-9-14)21-18-15-10-6-7-11-16(15)19(22)20(23)17(18)12-24-2/h3-11,13,21H,12H2,1-2H3. The van der Waals surface area contributed by atoms with Gasteiger partial charge in [-0.25, -0.2) is 0 Å². The average Bonchev–Trinajstić information content (AvgIpc) is 2.63. The molecule has 1 aliphatic carbocycles. The Morgan fingerprint density at radius 3 is 2.21 bits per heavy atom. The lowest BCUT2D eigenvalue weighted by Crippen LogP contribution is -2.31. The molecular formula is C20H19NO3. The smallest absolute Gasteiger partial charge is 0.234 e. The number of ketones is 2. The van der Waals surface area contributed by atoms with E-state index in [4.69, 9.17) is 4.74 Å². The Hall–Kier alpha value is -2.72. The predicted molar refractivity (Wildman–Crippen MR) is 92.6 cm³/mol. The normalized spacial score (nSPS) is 15.2. The summed E-state index contributed by atoms with van der Waals surface area (Å²) < 4.78 is 5.16. The second kappa shape index (κ2) is 6.81. The van der Waals surface area contributed by atoms with Crippen molar-refractivity contribution in [3.8, 4) is 0 Å². The Morgan fingerprint density at radius 2 is 1.54 bits per heavy atom. The number of hydrogen-bond acceptors (Lipinski definition) is 4. The van der Waals surface area contributed by atoms with Crippen LogP contribution in [-0.2, 0) is 9.53 Å². The van der Waals surface area contributed by atoms with E-state index >= 15 is 0 Å². The molecule has 0 heterocycles. The number of hydrogen-bond donors (Lipinski definition) is 1. The monoisotopic (exact) mass is 321 g/mol. The molecule has 3 rings (SSSR count). The second-order valence-electron chi connectivity index (χ2n) is 5.77. The molecule has 24 heavy (non-hydrogen) atoms. The van der Waals surface area contributed by atoms with E-state index in [2.05, 4.69) is 5.32 Å². The number of benzene rings is 2. The molecule has 1 atom stereocenters. The molecule has 2 aromatic carbocycles. The lowest BCUT2D eigenvalue weighted by molar-refractivity contribution is -0.112. The minimum Gasteiger partial charge on any atom is -0.380 e. The Morgan fingerprint density at radius 1 is 0.917 bits per heavy atom. The Bertz CT molecular complexity index is 809. The first-order valence-corrected chi connectivity index (χ1v) is 7.85. The zero-order chi connectivity index (χ0) is 17.1. The topological polar surface area (TPSA) is 55.4 Å². The summed E-state index contributed by atoms with van der Waals surface area (Å²) in [5, 5.41) is 3.40. The fraction of sp³-hybridized carbons (Fsp3) is 0.200. The maximum atomic E-state index is 12.5. The lowest BCUT2D eigenvalue weighted by atomic mass is 9.87. The fourth-order valence-corrected chi connectivity index (χ4v) is 2.92. The number of rotatable bonds is 5. The number of Topliss-reactive ketones (excluding diaryl/α,β-unsaturated/α-hetero) is 2. The van der Waals surface area contributed by atoms with Gasteiger partial charge in [0.2, 0.25) is 11.6 Å². The molecule has 1 unspecified atom stereocenters. The molecule has 4 heteroatoms. The molecule has 1 N–H and O–H groups in total. The lowest BCUT2D eigenvalue weighted by Gasteiger charge is -2.26. The summed E-state index contributed by atoms with van der Waals surface area (Å²) in [5.74, 6) is -0.978. The van der Waals surface area contributed by atoms with E-state index in [0.29, 0.717) is 16.8 Å². The summed E-state index contributed by atoms with van der Waals surface area (Å²) in [6, 6.07) is 17.1. The highest BCUT2D eigenvalue weighted by Gasteiger charge is 2.32. The highest BCUT2D eigenvalue weighted by Crippen LogP contribution is 2.30. The molecule has 0 aliphatic heterocycles. The van der Waals surface area contributed by atoms with Crippen molar-refractivity contribution in [2.45, 2.75) is 13.0 Å². The van der Waals surface area contributed by atoms with E-state index in [0.717, 1.165) is 11.1 Å². The summed E-state index contributed by atoms with van der Waals surface area (Å²) in [5.41, 5.74) is 3.34. The number of methoxy groups -OCH3 is 1. The largest absolute Gasteiger partial charge is 0.380 e. The summed E-state index contributed by atoms with van der Waals surface area (Å²) in [4.78, 5) is 24.8. The van der Waals surface area contributed by atoms with Crippen molar-refractivity contribution in [2.75, 3.05) is 13.7 Å².